The Kier molecular flexibility index (Phi) is 9.72. The van der Waals surface area contributed by atoms with E-state index in [2.05, 4.69) is 43.2 Å². The smallest absolute Gasteiger partial charge is 0.406 e. The highest BCUT2D eigenvalue weighted by Gasteiger charge is 2.31. The first kappa shape index (κ1) is 28.5. The second kappa shape index (κ2) is 13.0. The molecule has 1 heterocycles. The minimum Gasteiger partial charge on any atom is -0.406 e. The molecule has 2 aromatic carbocycles. The van der Waals surface area contributed by atoms with Crippen LogP contribution in [0, 0.1) is 0 Å². The van der Waals surface area contributed by atoms with Gasteiger partial charge in [0.05, 0.1) is 17.8 Å². The second-order valence-electron chi connectivity index (χ2n) is 8.43. The van der Waals surface area contributed by atoms with Crippen molar-refractivity contribution in [2.45, 2.75) is 33.1 Å². The van der Waals surface area contributed by atoms with Gasteiger partial charge in [0, 0.05) is 24.6 Å². The molecule has 1 aromatic heterocycles. The molecule has 0 radical (unpaired) electrons. The Morgan fingerprint density at radius 3 is 2.42 bits per heavy atom. The highest BCUT2D eigenvalue weighted by atomic mass is 32.2. The van der Waals surface area contributed by atoms with Crippen molar-refractivity contribution >= 4 is 47.6 Å². The normalized spacial score (nSPS) is 12.1. The van der Waals surface area contributed by atoms with Gasteiger partial charge in [-0.2, -0.15) is 0 Å². The molecule has 0 aliphatic rings. The molecule has 3 rings (SSSR count). The highest BCUT2D eigenvalue weighted by molar-refractivity contribution is 7.96. The van der Waals surface area contributed by atoms with Gasteiger partial charge in [-0.15, -0.1) is 23.4 Å². The lowest BCUT2D eigenvalue weighted by Gasteiger charge is -2.18. The number of benzene rings is 2. The molecule has 0 aliphatic carbocycles. The molecule has 0 fully saturated rings. The van der Waals surface area contributed by atoms with Gasteiger partial charge in [-0.1, -0.05) is 32.0 Å². The monoisotopic (exact) mass is 544 g/mol. The van der Waals surface area contributed by atoms with Crippen molar-refractivity contribution in [3.05, 3.63) is 77.5 Å². The predicted molar refractivity (Wildman–Crippen MR) is 146 cm³/mol. The van der Waals surface area contributed by atoms with Gasteiger partial charge < -0.3 is 15.0 Å². The van der Waals surface area contributed by atoms with E-state index in [1.54, 1.807) is 36.4 Å². The quantitative estimate of drug-likeness (QED) is 0.220. The van der Waals surface area contributed by atoms with E-state index < -0.39 is 6.36 Å². The summed E-state index contributed by atoms with van der Waals surface area (Å²) in [6.45, 7) is 5.94. The van der Waals surface area contributed by atoms with Crippen LogP contribution in [0.25, 0.3) is 6.08 Å². The Morgan fingerprint density at radius 1 is 1.08 bits per heavy atom. The molecule has 12 heteroatoms. The summed E-state index contributed by atoms with van der Waals surface area (Å²) < 4.78 is 47.6. The number of para-hydroxylation sites is 1. The number of aromatic nitrogens is 2. The van der Waals surface area contributed by atoms with Crippen LogP contribution in [0.4, 0.5) is 35.2 Å². The van der Waals surface area contributed by atoms with Crippen molar-refractivity contribution in [3.63, 3.8) is 0 Å². The number of carbonyl (C=O) groups excluding carboxylic acids is 1. The maximum Gasteiger partial charge on any atom is 0.573 e. The van der Waals surface area contributed by atoms with Crippen LogP contribution in [0.1, 0.15) is 37.9 Å². The summed E-state index contributed by atoms with van der Waals surface area (Å²) in [6, 6.07) is 16.2. The molecule has 3 aromatic rings. The van der Waals surface area contributed by atoms with Crippen molar-refractivity contribution in [1.82, 2.24) is 14.9 Å². The van der Waals surface area contributed by atoms with Crippen LogP contribution in [0.3, 0.4) is 0 Å². The number of rotatable bonds is 9. The molecule has 0 unspecified atom stereocenters. The number of ether oxygens (including phenoxy) is 1. The van der Waals surface area contributed by atoms with Crippen LogP contribution in [-0.2, 0) is 0 Å². The van der Waals surface area contributed by atoms with Crippen LogP contribution in [0.15, 0.2) is 70.6 Å². The molecule has 0 saturated carbocycles. The van der Waals surface area contributed by atoms with Crippen LogP contribution in [-0.4, -0.2) is 35.9 Å². The summed E-state index contributed by atoms with van der Waals surface area (Å²) in [5, 5.41) is 11.2. The van der Waals surface area contributed by atoms with E-state index in [0.29, 0.717) is 17.2 Å². The van der Waals surface area contributed by atoms with Crippen LogP contribution < -0.4 is 19.7 Å². The molecule has 38 heavy (non-hydrogen) atoms. The minimum atomic E-state index is -4.74. The standard InChI is InChI=1S/C26H27F3N6O2S/c1-17(2)22-7-5-6-8-23(22)31-25(36)34-38-30-16-18(3)15-19-9-14-24(33-32-19)35(4)20-10-12-21(13-11-20)37-26(27,28)29/h5-17H,1-4H3,(H2,31,34,36)/b18-15+,30-16+. The van der Waals surface area contributed by atoms with E-state index in [1.807, 2.05) is 31.2 Å². The Bertz CT molecular complexity index is 1280. The average Bonchev–Trinajstić information content (AvgIpc) is 2.86. The van der Waals surface area contributed by atoms with Gasteiger partial charge in [0.25, 0.3) is 0 Å². The molecule has 8 nitrogen and oxygen atoms in total. The third-order valence-electron chi connectivity index (χ3n) is 5.13. The third-order valence-corrected chi connectivity index (χ3v) is 5.61. The largest absolute Gasteiger partial charge is 0.573 e. The fourth-order valence-corrected chi connectivity index (χ4v) is 3.71. The van der Waals surface area contributed by atoms with Crippen molar-refractivity contribution in [2.75, 3.05) is 17.3 Å². The van der Waals surface area contributed by atoms with Crippen molar-refractivity contribution < 1.29 is 22.7 Å². The molecular formula is C26H27F3N6O2S. The number of nitrogens with zero attached hydrogens (tertiary/aromatic N) is 4. The number of urea groups is 1. The Hall–Kier alpha value is -4.06. The van der Waals surface area contributed by atoms with Crippen molar-refractivity contribution in [1.29, 1.82) is 0 Å². The van der Waals surface area contributed by atoms with E-state index in [-0.39, 0.29) is 17.7 Å². The SMILES string of the molecule is CC(/C=N/SNC(=O)Nc1ccccc1C(C)C)=C\c1ccc(N(C)c2ccc(OC(F)(F)F)cc2)nn1. The van der Waals surface area contributed by atoms with E-state index in [1.165, 1.54) is 24.3 Å². The first-order valence-electron chi connectivity index (χ1n) is 11.5. The van der Waals surface area contributed by atoms with Crippen molar-refractivity contribution in [3.8, 4) is 5.75 Å². The second-order valence-corrected chi connectivity index (χ2v) is 9.03. The summed E-state index contributed by atoms with van der Waals surface area (Å²) in [4.78, 5) is 13.9. The molecular weight excluding hydrogens is 517 g/mol. The lowest BCUT2D eigenvalue weighted by atomic mass is 10.0. The number of hydrogen-bond acceptors (Lipinski definition) is 7. The number of amides is 2. The summed E-state index contributed by atoms with van der Waals surface area (Å²) in [5.74, 6) is 0.474. The maximum atomic E-state index is 12.3. The number of alkyl halides is 3. The molecule has 0 bridgehead atoms. The molecule has 2 amide bonds. The van der Waals surface area contributed by atoms with E-state index in [4.69, 9.17) is 0 Å². The average molecular weight is 545 g/mol. The molecule has 0 atom stereocenters. The fourth-order valence-electron chi connectivity index (χ4n) is 3.31. The number of anilines is 3. The Balaban J connectivity index is 1.51. The minimum absolute atomic E-state index is 0.274. The Labute approximate surface area is 223 Å². The van der Waals surface area contributed by atoms with Gasteiger partial charge in [0.15, 0.2) is 5.82 Å². The third kappa shape index (κ3) is 8.80. The molecule has 0 spiro atoms. The van der Waals surface area contributed by atoms with E-state index in [0.717, 1.165) is 29.0 Å². The molecule has 200 valence electrons. The molecule has 2 N–H and O–H groups in total. The van der Waals surface area contributed by atoms with Gasteiger partial charge >= 0.3 is 12.4 Å². The number of carbonyl (C=O) groups is 1. The number of allylic oxidation sites excluding steroid dienone is 1. The van der Waals surface area contributed by atoms with Crippen LogP contribution in [0.5, 0.6) is 5.75 Å². The lowest BCUT2D eigenvalue weighted by Crippen LogP contribution is -2.23. The zero-order valence-corrected chi connectivity index (χ0v) is 22.0. The van der Waals surface area contributed by atoms with Crippen LogP contribution in [0.2, 0.25) is 0 Å². The van der Waals surface area contributed by atoms with Gasteiger partial charge in [-0.25, -0.2) is 9.19 Å². The highest BCUT2D eigenvalue weighted by Crippen LogP contribution is 2.27. The Morgan fingerprint density at radius 2 is 1.79 bits per heavy atom. The first-order valence-corrected chi connectivity index (χ1v) is 12.3. The molecule has 0 aliphatic heterocycles. The zero-order valence-electron chi connectivity index (χ0n) is 21.2. The van der Waals surface area contributed by atoms with Crippen LogP contribution >= 0.6 is 12.1 Å². The van der Waals surface area contributed by atoms with Gasteiger partial charge in [-0.3, -0.25) is 4.72 Å². The number of nitrogens with one attached hydrogen (secondary N) is 2. The van der Waals surface area contributed by atoms with Gasteiger partial charge in [0.1, 0.15) is 5.75 Å². The number of hydrogen-bond donors (Lipinski definition) is 2. The maximum absolute atomic E-state index is 12.3. The topological polar surface area (TPSA) is 91.7 Å². The fraction of sp³-hybridized carbons (Fsp3) is 0.231. The van der Waals surface area contributed by atoms with Gasteiger partial charge in [-0.05, 0) is 72.5 Å². The summed E-state index contributed by atoms with van der Waals surface area (Å²) in [5.41, 5.74) is 3.77. The number of halogens is 3. The summed E-state index contributed by atoms with van der Waals surface area (Å²) >= 11 is 0.894. The van der Waals surface area contributed by atoms with E-state index >= 15 is 0 Å². The zero-order chi connectivity index (χ0) is 27.7. The van der Waals surface area contributed by atoms with Gasteiger partial charge in [0.2, 0.25) is 0 Å². The summed E-state index contributed by atoms with van der Waals surface area (Å²) in [6.07, 6.45) is -1.39. The van der Waals surface area contributed by atoms with E-state index in [9.17, 15) is 18.0 Å². The summed E-state index contributed by atoms with van der Waals surface area (Å²) in [7, 11) is 1.72. The molecule has 0 saturated heterocycles. The van der Waals surface area contributed by atoms with Crippen molar-refractivity contribution in [2.24, 2.45) is 4.40 Å². The first-order chi connectivity index (χ1) is 18.0. The predicted octanol–water partition coefficient (Wildman–Crippen LogP) is 7.13. The lowest BCUT2D eigenvalue weighted by molar-refractivity contribution is -0.274.